The van der Waals surface area contributed by atoms with Crippen molar-refractivity contribution in [2.45, 2.75) is 38.6 Å². The third-order valence-corrected chi connectivity index (χ3v) is 6.58. The van der Waals surface area contributed by atoms with Crippen molar-refractivity contribution in [1.82, 2.24) is 9.55 Å². The van der Waals surface area contributed by atoms with E-state index in [4.69, 9.17) is 10.2 Å². The molecule has 5 rings (SSSR count). The monoisotopic (exact) mass is 479 g/mol. The molecule has 158 valence electrons. The summed E-state index contributed by atoms with van der Waals surface area (Å²) in [5.41, 5.74) is 10.4. The van der Waals surface area contributed by atoms with Crippen LogP contribution in [0.3, 0.4) is 0 Å². The van der Waals surface area contributed by atoms with E-state index in [1.165, 1.54) is 0 Å². The molecule has 0 bridgehead atoms. The van der Waals surface area contributed by atoms with Crippen LogP contribution in [0.5, 0.6) is 0 Å². The second-order valence-electron chi connectivity index (χ2n) is 7.94. The van der Waals surface area contributed by atoms with Gasteiger partial charge in [0.2, 0.25) is 0 Å². The van der Waals surface area contributed by atoms with Crippen molar-refractivity contribution in [3.05, 3.63) is 69.7 Å². The van der Waals surface area contributed by atoms with E-state index in [0.29, 0.717) is 30.1 Å². The maximum absolute atomic E-state index is 12.1. The number of nitrogens with zero attached hydrogens (tertiary/aromatic N) is 2. The van der Waals surface area contributed by atoms with Gasteiger partial charge in [0, 0.05) is 35.5 Å². The number of carboxylic acids is 1. The van der Waals surface area contributed by atoms with Crippen molar-refractivity contribution >= 4 is 38.6 Å². The highest BCUT2D eigenvalue weighted by atomic mass is 79.9. The number of aromatic carboxylic acids is 1. The Hall–Kier alpha value is -3.06. The zero-order valence-corrected chi connectivity index (χ0v) is 18.6. The number of nitrogen functional groups attached to an aromatic ring is 1. The lowest BCUT2D eigenvalue weighted by Crippen LogP contribution is -2.13. The summed E-state index contributed by atoms with van der Waals surface area (Å²) in [5, 5.41) is 10.8. The van der Waals surface area contributed by atoms with E-state index < -0.39 is 5.97 Å². The molecule has 0 spiro atoms. The number of benzene rings is 2. The largest absolute Gasteiger partial charge is 0.477 e. The van der Waals surface area contributed by atoms with Gasteiger partial charge < -0.3 is 19.8 Å². The van der Waals surface area contributed by atoms with Gasteiger partial charge in [0.05, 0.1) is 10.2 Å². The molecule has 2 heterocycles. The van der Waals surface area contributed by atoms with Gasteiger partial charge in [-0.3, -0.25) is 0 Å². The second-order valence-corrected chi connectivity index (χ2v) is 8.74. The summed E-state index contributed by atoms with van der Waals surface area (Å²) < 4.78 is 8.76. The van der Waals surface area contributed by atoms with Crippen LogP contribution >= 0.6 is 15.9 Å². The molecule has 0 radical (unpaired) electrons. The number of imidazole rings is 1. The molecular formula is C24H22BrN3O3. The van der Waals surface area contributed by atoms with Crippen LogP contribution in [0.15, 0.2) is 51.4 Å². The Kier molecular flexibility index (Phi) is 4.85. The van der Waals surface area contributed by atoms with Gasteiger partial charge in [0.1, 0.15) is 11.4 Å². The van der Waals surface area contributed by atoms with E-state index in [1.54, 1.807) is 0 Å². The van der Waals surface area contributed by atoms with Crippen molar-refractivity contribution in [3.8, 4) is 11.3 Å². The number of carboxylic acid groups (broad SMARTS) is 1. The van der Waals surface area contributed by atoms with Gasteiger partial charge in [-0.15, -0.1) is 0 Å². The van der Waals surface area contributed by atoms with E-state index in [9.17, 15) is 9.90 Å². The van der Waals surface area contributed by atoms with Gasteiger partial charge in [-0.25, -0.2) is 9.78 Å². The van der Waals surface area contributed by atoms with Crippen molar-refractivity contribution < 1.29 is 14.3 Å². The average Bonchev–Trinajstić information content (AvgIpc) is 3.47. The van der Waals surface area contributed by atoms with E-state index in [-0.39, 0.29) is 5.92 Å². The predicted octanol–water partition coefficient (Wildman–Crippen LogP) is 5.83. The molecular weight excluding hydrogens is 458 g/mol. The second kappa shape index (κ2) is 7.57. The number of aryl methyl sites for hydroxylation is 1. The smallest absolute Gasteiger partial charge is 0.354 e. The summed E-state index contributed by atoms with van der Waals surface area (Å²) in [6.45, 7) is 2.45. The average molecular weight is 480 g/mol. The highest BCUT2D eigenvalue weighted by Crippen LogP contribution is 2.42. The van der Waals surface area contributed by atoms with Gasteiger partial charge >= 0.3 is 5.97 Å². The minimum atomic E-state index is -0.915. The van der Waals surface area contributed by atoms with E-state index in [0.717, 1.165) is 50.9 Å². The van der Waals surface area contributed by atoms with Crippen LogP contribution in [-0.2, 0) is 13.0 Å². The summed E-state index contributed by atoms with van der Waals surface area (Å²) in [6.07, 6.45) is 2.71. The fraction of sp³-hybridized carbons (Fsp3) is 0.250. The van der Waals surface area contributed by atoms with E-state index in [2.05, 4.69) is 20.9 Å². The highest BCUT2D eigenvalue weighted by molar-refractivity contribution is 9.10. The topological polar surface area (TPSA) is 94.3 Å². The lowest BCUT2D eigenvalue weighted by molar-refractivity contribution is 0.0684. The molecule has 1 fully saturated rings. The molecule has 6 nitrogen and oxygen atoms in total. The lowest BCUT2D eigenvalue weighted by atomic mass is 10.1. The van der Waals surface area contributed by atoms with Crippen LogP contribution in [0.4, 0.5) is 5.69 Å². The van der Waals surface area contributed by atoms with Crippen LogP contribution in [0.2, 0.25) is 0 Å². The number of para-hydroxylation sites is 1. The number of furan rings is 1. The summed E-state index contributed by atoms with van der Waals surface area (Å²) in [6, 6.07) is 13.5. The lowest BCUT2D eigenvalue weighted by Gasteiger charge is -2.10. The van der Waals surface area contributed by atoms with Crippen molar-refractivity contribution in [1.29, 1.82) is 0 Å². The fourth-order valence-corrected chi connectivity index (χ4v) is 4.70. The molecule has 31 heavy (non-hydrogen) atoms. The van der Waals surface area contributed by atoms with E-state index >= 15 is 0 Å². The van der Waals surface area contributed by atoms with Crippen LogP contribution in [0.25, 0.3) is 22.3 Å². The summed E-state index contributed by atoms with van der Waals surface area (Å²) in [7, 11) is 0. The molecule has 0 amide bonds. The number of rotatable bonds is 6. The summed E-state index contributed by atoms with van der Waals surface area (Å²) >= 11 is 3.68. The summed E-state index contributed by atoms with van der Waals surface area (Å²) in [4.78, 5) is 16.7. The molecule has 4 aromatic rings. The third kappa shape index (κ3) is 3.43. The van der Waals surface area contributed by atoms with Gasteiger partial charge in [-0.2, -0.15) is 0 Å². The first-order valence-electron chi connectivity index (χ1n) is 10.4. The number of aromatic nitrogens is 2. The summed E-state index contributed by atoms with van der Waals surface area (Å²) in [5.74, 6) is 0.858. The molecule has 7 heteroatoms. The molecule has 0 saturated heterocycles. The van der Waals surface area contributed by atoms with Crippen LogP contribution in [0, 0.1) is 0 Å². The fourth-order valence-electron chi connectivity index (χ4n) is 4.10. The zero-order chi connectivity index (χ0) is 21.7. The van der Waals surface area contributed by atoms with Crippen molar-refractivity contribution in [3.63, 3.8) is 0 Å². The SMILES string of the molecule is CCc1nc(C2CC2)c(C(=O)O)n1Cc1ccc2oc(-c3ccccc3N)c(Br)c2c1. The molecule has 0 aliphatic heterocycles. The third-order valence-electron chi connectivity index (χ3n) is 5.79. The van der Waals surface area contributed by atoms with Crippen molar-refractivity contribution in [2.75, 3.05) is 5.73 Å². The number of hydrogen-bond donors (Lipinski definition) is 2. The highest BCUT2D eigenvalue weighted by Gasteiger charge is 2.33. The molecule has 2 aromatic carbocycles. The molecule has 2 aromatic heterocycles. The van der Waals surface area contributed by atoms with E-state index in [1.807, 2.05) is 54.0 Å². The Morgan fingerprint density at radius 3 is 2.74 bits per heavy atom. The first kappa shape index (κ1) is 19.9. The van der Waals surface area contributed by atoms with Crippen molar-refractivity contribution in [2.24, 2.45) is 0 Å². The Morgan fingerprint density at radius 1 is 1.29 bits per heavy atom. The van der Waals surface area contributed by atoms with Crippen LogP contribution in [0.1, 0.15) is 53.3 Å². The number of carbonyl (C=O) groups is 1. The minimum absolute atomic E-state index is 0.280. The first-order valence-corrected chi connectivity index (χ1v) is 11.2. The maximum Gasteiger partial charge on any atom is 0.354 e. The first-order chi connectivity index (χ1) is 15.0. The van der Waals surface area contributed by atoms with Gasteiger partial charge in [0.25, 0.3) is 0 Å². The normalized spacial score (nSPS) is 13.7. The molecule has 1 aliphatic rings. The number of anilines is 1. The van der Waals surface area contributed by atoms with Gasteiger partial charge in [-0.05, 0) is 58.6 Å². The standard InChI is InChI=1S/C24H22BrN3O3/c1-2-19-27-21(14-8-9-14)22(24(29)30)28(19)12-13-7-10-18-16(11-13)20(25)23(31-18)15-5-3-4-6-17(15)26/h3-7,10-11,14H,2,8-9,12,26H2,1H3,(H,29,30). The quantitative estimate of drug-likeness (QED) is 0.339. The van der Waals surface area contributed by atoms with Gasteiger partial charge in [-0.1, -0.05) is 25.1 Å². The van der Waals surface area contributed by atoms with Crippen LogP contribution in [-0.4, -0.2) is 20.6 Å². The Bertz CT molecular complexity index is 1320. The number of halogens is 1. The Balaban J connectivity index is 1.58. The number of hydrogen-bond acceptors (Lipinski definition) is 4. The number of fused-ring (bicyclic) bond motifs is 1. The minimum Gasteiger partial charge on any atom is -0.477 e. The molecule has 3 N–H and O–H groups in total. The Morgan fingerprint density at radius 2 is 2.06 bits per heavy atom. The molecule has 1 aliphatic carbocycles. The van der Waals surface area contributed by atoms with Gasteiger partial charge in [0.15, 0.2) is 11.5 Å². The predicted molar refractivity (Wildman–Crippen MR) is 123 cm³/mol. The molecule has 0 unspecified atom stereocenters. The van der Waals surface area contributed by atoms with Crippen LogP contribution < -0.4 is 5.73 Å². The number of nitrogens with two attached hydrogens (primary N) is 1. The zero-order valence-electron chi connectivity index (χ0n) is 17.1. The Labute approximate surface area is 187 Å². The molecule has 1 saturated carbocycles. The molecule has 0 atom stereocenters. The maximum atomic E-state index is 12.1.